The second-order valence-electron chi connectivity index (χ2n) is 4.03. The van der Waals surface area contributed by atoms with Crippen LogP contribution in [0.3, 0.4) is 0 Å². The number of halogens is 1. The van der Waals surface area contributed by atoms with Crippen LogP contribution >= 0.6 is 11.6 Å². The van der Waals surface area contributed by atoms with E-state index in [1.54, 1.807) is 6.92 Å². The summed E-state index contributed by atoms with van der Waals surface area (Å²) in [6.07, 6.45) is 0. The number of rotatable bonds is 7. The molecule has 0 saturated carbocycles. The fraction of sp³-hybridized carbons (Fsp3) is 0.364. The monoisotopic (exact) mass is 321 g/mol. The molecule has 0 fully saturated rings. The molecule has 9 heteroatoms. The molecule has 0 heterocycles. The number of nitrogens with two attached hydrogens (primary N) is 2. The average molecular weight is 322 g/mol. The number of carbonyl (C=O) groups excluding carboxylic acids is 1. The summed E-state index contributed by atoms with van der Waals surface area (Å²) in [7, 11) is -3.75. The number of anilines is 1. The van der Waals surface area contributed by atoms with Crippen molar-refractivity contribution in [3.05, 3.63) is 22.7 Å². The number of hydrogen-bond acceptors (Lipinski definition) is 5. The van der Waals surface area contributed by atoms with Crippen LogP contribution in [-0.2, 0) is 19.6 Å². The summed E-state index contributed by atoms with van der Waals surface area (Å²) in [5.41, 5.74) is 11.3. The van der Waals surface area contributed by atoms with Crippen molar-refractivity contribution in [3.63, 3.8) is 0 Å². The highest BCUT2D eigenvalue weighted by Crippen LogP contribution is 2.25. The van der Waals surface area contributed by atoms with Crippen molar-refractivity contribution in [2.45, 2.75) is 11.8 Å². The largest absolute Gasteiger partial charge is 0.398 e. The second-order valence-corrected chi connectivity index (χ2v) is 6.21. The minimum Gasteiger partial charge on any atom is -0.398 e. The highest BCUT2D eigenvalue weighted by molar-refractivity contribution is 7.89. The van der Waals surface area contributed by atoms with Gasteiger partial charge in [-0.1, -0.05) is 11.6 Å². The fourth-order valence-electron chi connectivity index (χ4n) is 1.45. The van der Waals surface area contributed by atoms with E-state index in [0.717, 1.165) is 0 Å². The molecule has 1 amide bonds. The van der Waals surface area contributed by atoms with E-state index >= 15 is 0 Å². The quantitative estimate of drug-likeness (QED) is 0.482. The van der Waals surface area contributed by atoms with Gasteiger partial charge in [0.1, 0.15) is 6.61 Å². The summed E-state index contributed by atoms with van der Waals surface area (Å²) < 4.78 is 31.3. The average Bonchev–Trinajstić information content (AvgIpc) is 2.32. The van der Waals surface area contributed by atoms with Crippen molar-refractivity contribution in [3.8, 4) is 0 Å². The maximum absolute atomic E-state index is 12.1. The zero-order valence-corrected chi connectivity index (χ0v) is 12.4. The molecule has 5 N–H and O–H groups in total. The van der Waals surface area contributed by atoms with Gasteiger partial charge in [0.2, 0.25) is 15.9 Å². The Labute approximate surface area is 122 Å². The molecule has 0 bridgehead atoms. The molecule has 0 saturated heterocycles. The van der Waals surface area contributed by atoms with Gasteiger partial charge in [-0.05, 0) is 24.6 Å². The zero-order valence-electron chi connectivity index (χ0n) is 10.8. The number of primary amides is 1. The first-order chi connectivity index (χ1) is 9.24. The Morgan fingerprint density at radius 3 is 2.70 bits per heavy atom. The highest BCUT2D eigenvalue weighted by atomic mass is 35.5. The van der Waals surface area contributed by atoms with Gasteiger partial charge in [-0.2, -0.15) is 0 Å². The first kappa shape index (κ1) is 16.7. The molecule has 0 aliphatic heterocycles. The van der Waals surface area contributed by atoms with Crippen LogP contribution in [0.5, 0.6) is 0 Å². The second kappa shape index (κ2) is 6.89. The Balaban J connectivity index is 2.72. The lowest BCUT2D eigenvalue weighted by molar-refractivity contribution is -0.122. The van der Waals surface area contributed by atoms with E-state index in [0.29, 0.717) is 11.3 Å². The number of nitrogen functional groups attached to an aromatic ring is 1. The molecule has 0 atom stereocenters. The molecule has 20 heavy (non-hydrogen) atoms. The van der Waals surface area contributed by atoms with Crippen LogP contribution in [-0.4, -0.2) is 34.1 Å². The van der Waals surface area contributed by atoms with E-state index in [4.69, 9.17) is 27.8 Å². The Morgan fingerprint density at radius 1 is 1.45 bits per heavy atom. The van der Waals surface area contributed by atoms with Gasteiger partial charge in [-0.3, -0.25) is 4.79 Å². The number of carbonyl (C=O) groups is 1. The third kappa shape index (κ3) is 4.64. The SMILES string of the molecule is Cc1c(N)cc(Cl)cc1S(=O)(=O)NCCOCC(N)=O. The van der Waals surface area contributed by atoms with E-state index in [1.165, 1.54) is 12.1 Å². The minimum absolute atomic E-state index is 0.00146. The molecule has 112 valence electrons. The molecule has 0 aromatic heterocycles. The number of amides is 1. The van der Waals surface area contributed by atoms with E-state index < -0.39 is 15.9 Å². The number of benzene rings is 1. The number of hydrogen-bond donors (Lipinski definition) is 3. The maximum Gasteiger partial charge on any atom is 0.243 e. The first-order valence-electron chi connectivity index (χ1n) is 5.65. The Kier molecular flexibility index (Phi) is 5.75. The maximum atomic E-state index is 12.1. The summed E-state index contributed by atoms with van der Waals surface area (Å²) in [6, 6.07) is 2.80. The summed E-state index contributed by atoms with van der Waals surface area (Å²) in [4.78, 5) is 10.4. The lowest BCUT2D eigenvalue weighted by Crippen LogP contribution is -2.29. The van der Waals surface area contributed by atoms with Crippen LogP contribution in [0.15, 0.2) is 17.0 Å². The molecule has 0 aliphatic rings. The molecule has 0 unspecified atom stereocenters. The molecule has 7 nitrogen and oxygen atoms in total. The first-order valence-corrected chi connectivity index (χ1v) is 7.51. The summed E-state index contributed by atoms with van der Waals surface area (Å²) >= 11 is 5.80. The van der Waals surface area contributed by atoms with Gasteiger partial charge in [-0.25, -0.2) is 13.1 Å². The van der Waals surface area contributed by atoms with Crippen LogP contribution < -0.4 is 16.2 Å². The van der Waals surface area contributed by atoms with Crippen molar-refractivity contribution in [2.24, 2.45) is 5.73 Å². The molecule has 1 aromatic rings. The van der Waals surface area contributed by atoms with Gasteiger partial charge < -0.3 is 16.2 Å². The summed E-state index contributed by atoms with van der Waals surface area (Å²) in [6.45, 7) is 1.35. The van der Waals surface area contributed by atoms with E-state index in [1.807, 2.05) is 0 Å². The van der Waals surface area contributed by atoms with Crippen LogP contribution in [0.4, 0.5) is 5.69 Å². The van der Waals surface area contributed by atoms with E-state index in [9.17, 15) is 13.2 Å². The number of sulfonamides is 1. The van der Waals surface area contributed by atoms with Gasteiger partial charge in [0.05, 0.1) is 11.5 Å². The van der Waals surface area contributed by atoms with Crippen molar-refractivity contribution < 1.29 is 17.9 Å². The third-order valence-electron chi connectivity index (χ3n) is 2.44. The predicted octanol–water partition coefficient (Wildman–Crippen LogP) is 0.0108. The highest BCUT2D eigenvalue weighted by Gasteiger charge is 2.18. The molecule has 1 aromatic carbocycles. The van der Waals surface area contributed by atoms with Gasteiger partial charge >= 0.3 is 0 Å². The Hall–Kier alpha value is -1.35. The smallest absolute Gasteiger partial charge is 0.243 e. The molecular weight excluding hydrogens is 306 g/mol. The standard InChI is InChI=1S/C11H16ClN3O4S/c1-7-9(13)4-8(12)5-10(7)20(17,18)15-2-3-19-6-11(14)16/h4-5,15H,2-3,6,13H2,1H3,(H2,14,16). The molecular formula is C11H16ClN3O4S. The van der Waals surface area contributed by atoms with Crippen LogP contribution in [0.2, 0.25) is 5.02 Å². The summed E-state index contributed by atoms with van der Waals surface area (Å²) in [5.74, 6) is -0.619. The van der Waals surface area contributed by atoms with Crippen LogP contribution in [0.25, 0.3) is 0 Å². The Bertz CT molecular complexity index is 604. The fourth-order valence-corrected chi connectivity index (χ4v) is 3.05. The topological polar surface area (TPSA) is 125 Å². The molecule has 1 rings (SSSR count). The molecule has 0 radical (unpaired) electrons. The molecule has 0 spiro atoms. The van der Waals surface area contributed by atoms with E-state index in [2.05, 4.69) is 4.72 Å². The van der Waals surface area contributed by atoms with E-state index in [-0.39, 0.29) is 29.7 Å². The van der Waals surface area contributed by atoms with Crippen molar-refractivity contribution in [1.29, 1.82) is 0 Å². The number of nitrogens with one attached hydrogen (secondary N) is 1. The normalized spacial score (nSPS) is 11.5. The number of ether oxygens (including phenoxy) is 1. The van der Waals surface area contributed by atoms with Gasteiger partial charge in [0.15, 0.2) is 0 Å². The van der Waals surface area contributed by atoms with Crippen molar-refractivity contribution in [1.82, 2.24) is 4.72 Å². The molecule has 0 aliphatic carbocycles. The third-order valence-corrected chi connectivity index (χ3v) is 4.24. The van der Waals surface area contributed by atoms with Gasteiger partial charge in [0.25, 0.3) is 0 Å². The predicted molar refractivity (Wildman–Crippen MR) is 75.8 cm³/mol. The van der Waals surface area contributed by atoms with Crippen LogP contribution in [0.1, 0.15) is 5.56 Å². The van der Waals surface area contributed by atoms with Crippen molar-refractivity contribution >= 4 is 33.2 Å². The summed E-state index contributed by atoms with van der Waals surface area (Å²) in [5, 5.41) is 0.235. The minimum atomic E-state index is -3.75. The zero-order chi connectivity index (χ0) is 15.3. The Morgan fingerprint density at radius 2 is 2.10 bits per heavy atom. The van der Waals surface area contributed by atoms with Crippen LogP contribution in [0, 0.1) is 6.92 Å². The lowest BCUT2D eigenvalue weighted by atomic mass is 10.2. The van der Waals surface area contributed by atoms with Gasteiger partial charge in [-0.15, -0.1) is 0 Å². The van der Waals surface area contributed by atoms with Crippen molar-refractivity contribution in [2.75, 3.05) is 25.5 Å². The van der Waals surface area contributed by atoms with Gasteiger partial charge in [0, 0.05) is 17.3 Å². The lowest BCUT2D eigenvalue weighted by Gasteiger charge is -2.11.